The van der Waals surface area contributed by atoms with Crippen molar-refractivity contribution in [2.75, 3.05) is 17.3 Å². The molecule has 0 fully saturated rings. The lowest BCUT2D eigenvalue weighted by Crippen LogP contribution is -2.43. The smallest absolute Gasteiger partial charge is 0.271 e. The lowest BCUT2D eigenvalue weighted by molar-refractivity contribution is 0.546. The monoisotopic (exact) mass is 293 g/mol. The van der Waals surface area contributed by atoms with Crippen LogP contribution in [-0.4, -0.2) is 27.9 Å². The summed E-state index contributed by atoms with van der Waals surface area (Å²) in [7, 11) is 1.86. The van der Waals surface area contributed by atoms with E-state index in [9.17, 15) is 4.79 Å². The quantitative estimate of drug-likeness (QED) is 0.868. The summed E-state index contributed by atoms with van der Waals surface area (Å²) >= 11 is 9.30. The molecule has 1 heterocycles. The van der Waals surface area contributed by atoms with Gasteiger partial charge in [0.25, 0.3) is 5.56 Å². The van der Waals surface area contributed by atoms with Crippen molar-refractivity contribution in [3.8, 4) is 0 Å². The Balaban J connectivity index is 3.17. The molecule has 0 radical (unpaired) electrons. The Kier molecular flexibility index (Phi) is 3.78. The highest BCUT2D eigenvalue weighted by Crippen LogP contribution is 2.25. The molecule has 0 aliphatic heterocycles. The van der Waals surface area contributed by atoms with Gasteiger partial charge in [0.05, 0.1) is 6.33 Å². The molecule has 1 aromatic rings. The number of halogens is 2. The van der Waals surface area contributed by atoms with Gasteiger partial charge >= 0.3 is 0 Å². The van der Waals surface area contributed by atoms with E-state index in [2.05, 4.69) is 25.9 Å². The van der Waals surface area contributed by atoms with Crippen LogP contribution in [0.1, 0.15) is 13.8 Å². The Hall–Kier alpha value is -0.550. The first-order valence-electron chi connectivity index (χ1n) is 4.43. The summed E-state index contributed by atoms with van der Waals surface area (Å²) < 4.78 is 0. The summed E-state index contributed by atoms with van der Waals surface area (Å²) in [5.41, 5.74) is -0.483. The molecule has 0 aromatic carbocycles. The molecule has 0 bridgehead atoms. The molecule has 0 saturated heterocycles. The maximum Gasteiger partial charge on any atom is 0.271 e. The molecular formula is C9H13BrClN3O. The van der Waals surface area contributed by atoms with Gasteiger partial charge in [0.2, 0.25) is 0 Å². The number of aromatic nitrogens is 2. The lowest BCUT2D eigenvalue weighted by atomic mass is 10.1. The first-order chi connectivity index (χ1) is 6.90. The SMILES string of the molecule is CN(c1nc[nH]c(=O)c1Cl)C(C)(C)CBr. The van der Waals surface area contributed by atoms with Crippen LogP contribution >= 0.6 is 27.5 Å². The summed E-state index contributed by atoms with van der Waals surface area (Å²) in [6.07, 6.45) is 1.35. The number of rotatable bonds is 3. The predicted molar refractivity (Wildman–Crippen MR) is 66.1 cm³/mol. The van der Waals surface area contributed by atoms with Crippen LogP contribution in [0.2, 0.25) is 5.02 Å². The summed E-state index contributed by atoms with van der Waals surface area (Å²) in [4.78, 5) is 19.7. The highest BCUT2D eigenvalue weighted by Gasteiger charge is 2.25. The summed E-state index contributed by atoms with van der Waals surface area (Å²) in [6.45, 7) is 4.06. The fourth-order valence-electron chi connectivity index (χ4n) is 0.984. The minimum absolute atomic E-state index is 0.119. The van der Waals surface area contributed by atoms with Crippen LogP contribution in [0.4, 0.5) is 5.82 Å². The van der Waals surface area contributed by atoms with E-state index in [1.54, 1.807) is 0 Å². The highest BCUT2D eigenvalue weighted by atomic mass is 79.9. The number of hydrogen-bond acceptors (Lipinski definition) is 3. The Bertz CT molecular complexity index is 405. The lowest BCUT2D eigenvalue weighted by Gasteiger charge is -2.35. The van der Waals surface area contributed by atoms with E-state index in [-0.39, 0.29) is 16.1 Å². The van der Waals surface area contributed by atoms with Gasteiger partial charge in [-0.15, -0.1) is 0 Å². The van der Waals surface area contributed by atoms with Gasteiger partial charge in [0, 0.05) is 17.9 Å². The van der Waals surface area contributed by atoms with E-state index in [1.165, 1.54) is 6.33 Å². The molecule has 0 unspecified atom stereocenters. The summed E-state index contributed by atoms with van der Waals surface area (Å²) in [5.74, 6) is 0.491. The number of anilines is 1. The van der Waals surface area contributed by atoms with Crippen LogP contribution in [-0.2, 0) is 0 Å². The number of H-pyrrole nitrogens is 1. The fourth-order valence-corrected chi connectivity index (χ4v) is 1.59. The molecule has 1 N–H and O–H groups in total. The average Bonchev–Trinajstić information content (AvgIpc) is 2.21. The van der Waals surface area contributed by atoms with E-state index in [0.717, 1.165) is 5.33 Å². The van der Waals surface area contributed by atoms with Crippen LogP contribution in [0.5, 0.6) is 0 Å². The predicted octanol–water partition coefficient (Wildman–Crippen LogP) is 2.03. The van der Waals surface area contributed by atoms with Gasteiger partial charge in [0.1, 0.15) is 5.02 Å². The maximum atomic E-state index is 11.3. The van der Waals surface area contributed by atoms with Gasteiger partial charge in [-0.2, -0.15) is 0 Å². The third-order valence-corrected chi connectivity index (χ3v) is 4.04. The van der Waals surface area contributed by atoms with Crippen LogP contribution in [0.3, 0.4) is 0 Å². The number of hydrogen-bond donors (Lipinski definition) is 1. The molecule has 0 spiro atoms. The van der Waals surface area contributed by atoms with Crippen LogP contribution < -0.4 is 10.5 Å². The second kappa shape index (κ2) is 4.53. The molecule has 0 aliphatic carbocycles. The normalized spacial score (nSPS) is 11.5. The van der Waals surface area contributed by atoms with Gasteiger partial charge in [-0.05, 0) is 13.8 Å². The van der Waals surface area contributed by atoms with E-state index >= 15 is 0 Å². The van der Waals surface area contributed by atoms with Crippen LogP contribution in [0.25, 0.3) is 0 Å². The van der Waals surface area contributed by atoms with Crippen molar-refractivity contribution < 1.29 is 0 Å². The number of nitrogens with one attached hydrogen (secondary N) is 1. The minimum atomic E-state index is -0.320. The van der Waals surface area contributed by atoms with Gasteiger partial charge in [-0.1, -0.05) is 27.5 Å². The van der Waals surface area contributed by atoms with Crippen molar-refractivity contribution in [1.29, 1.82) is 0 Å². The van der Waals surface area contributed by atoms with Gasteiger partial charge in [-0.3, -0.25) is 4.79 Å². The fraction of sp³-hybridized carbons (Fsp3) is 0.556. The Morgan fingerprint density at radius 3 is 2.80 bits per heavy atom. The van der Waals surface area contributed by atoms with E-state index in [0.29, 0.717) is 5.82 Å². The molecule has 0 saturated carbocycles. The number of alkyl halides is 1. The first-order valence-corrected chi connectivity index (χ1v) is 5.93. The molecule has 0 amide bonds. The standard InChI is InChI=1S/C9H13BrClN3O/c1-9(2,4-10)14(3)7-6(11)8(15)13-5-12-7/h5H,4H2,1-3H3,(H,12,13,15). The Morgan fingerprint density at radius 2 is 2.27 bits per heavy atom. The van der Waals surface area contributed by atoms with Crippen LogP contribution in [0.15, 0.2) is 11.1 Å². The Labute approximate surface area is 102 Å². The molecule has 0 atom stereocenters. The molecule has 0 aliphatic rings. The van der Waals surface area contributed by atoms with Crippen molar-refractivity contribution in [2.45, 2.75) is 19.4 Å². The first kappa shape index (κ1) is 12.5. The third-order valence-electron chi connectivity index (χ3n) is 2.33. The maximum absolute atomic E-state index is 11.3. The second-order valence-corrected chi connectivity index (χ2v) is 4.81. The zero-order chi connectivity index (χ0) is 11.6. The molecule has 84 valence electrons. The number of aromatic amines is 1. The van der Waals surface area contributed by atoms with Crippen LogP contribution in [0, 0.1) is 0 Å². The zero-order valence-electron chi connectivity index (χ0n) is 8.84. The second-order valence-electron chi connectivity index (χ2n) is 3.87. The largest absolute Gasteiger partial charge is 0.352 e. The molecular weight excluding hydrogens is 281 g/mol. The van der Waals surface area contributed by atoms with Gasteiger partial charge in [-0.25, -0.2) is 4.98 Å². The summed E-state index contributed by atoms with van der Waals surface area (Å²) in [6, 6.07) is 0. The summed E-state index contributed by atoms with van der Waals surface area (Å²) in [5, 5.41) is 0.871. The Morgan fingerprint density at radius 1 is 1.67 bits per heavy atom. The average molecular weight is 295 g/mol. The van der Waals surface area contributed by atoms with Gasteiger partial charge < -0.3 is 9.88 Å². The molecule has 4 nitrogen and oxygen atoms in total. The van der Waals surface area contributed by atoms with Crippen molar-refractivity contribution in [2.24, 2.45) is 0 Å². The van der Waals surface area contributed by atoms with E-state index in [4.69, 9.17) is 11.6 Å². The van der Waals surface area contributed by atoms with Gasteiger partial charge in [0.15, 0.2) is 5.82 Å². The van der Waals surface area contributed by atoms with E-state index in [1.807, 2.05) is 25.8 Å². The van der Waals surface area contributed by atoms with Crippen molar-refractivity contribution in [3.63, 3.8) is 0 Å². The highest BCUT2D eigenvalue weighted by molar-refractivity contribution is 9.09. The molecule has 1 aromatic heterocycles. The van der Waals surface area contributed by atoms with Crippen molar-refractivity contribution in [1.82, 2.24) is 9.97 Å². The van der Waals surface area contributed by atoms with E-state index < -0.39 is 0 Å². The molecule has 1 rings (SSSR count). The minimum Gasteiger partial charge on any atom is -0.352 e. The van der Waals surface area contributed by atoms with Crippen molar-refractivity contribution >= 4 is 33.3 Å². The number of nitrogens with zero attached hydrogens (tertiary/aromatic N) is 2. The third kappa shape index (κ3) is 2.52. The zero-order valence-corrected chi connectivity index (χ0v) is 11.2. The van der Waals surface area contributed by atoms with Crippen molar-refractivity contribution in [3.05, 3.63) is 21.7 Å². The topological polar surface area (TPSA) is 49.0 Å². The molecule has 15 heavy (non-hydrogen) atoms. The molecule has 6 heteroatoms.